The molecule has 0 N–H and O–H groups in total. The van der Waals surface area contributed by atoms with Crippen LogP contribution in [0.5, 0.6) is 0 Å². The fraction of sp³-hybridized carbons (Fsp3) is 0.778. The van der Waals surface area contributed by atoms with E-state index in [9.17, 15) is 0 Å². The zero-order valence-corrected chi connectivity index (χ0v) is 14.6. The second kappa shape index (κ2) is 7.19. The van der Waals surface area contributed by atoms with Gasteiger partial charge in [-0.1, -0.05) is 6.07 Å². The minimum absolute atomic E-state index is 0.0653. The van der Waals surface area contributed by atoms with E-state index >= 15 is 0 Å². The Morgan fingerprint density at radius 2 is 2.09 bits per heavy atom. The Balaban J connectivity index is 1.22. The molecule has 4 rings (SSSR count). The molecule has 0 radical (unpaired) electrons. The minimum Gasteiger partial charge on any atom is -0.381 e. The number of thiophene rings is 1. The molecule has 0 aliphatic carbocycles. The zero-order valence-electron chi connectivity index (χ0n) is 13.7. The van der Waals surface area contributed by atoms with Gasteiger partial charge in [0.2, 0.25) is 0 Å². The monoisotopic (exact) mass is 337 g/mol. The summed E-state index contributed by atoms with van der Waals surface area (Å²) in [6, 6.07) is 4.35. The van der Waals surface area contributed by atoms with Crippen LogP contribution in [-0.4, -0.2) is 56.1 Å². The molecule has 3 fully saturated rings. The third kappa shape index (κ3) is 3.97. The van der Waals surface area contributed by atoms with Crippen molar-refractivity contribution in [3.05, 3.63) is 22.4 Å². The summed E-state index contributed by atoms with van der Waals surface area (Å²) in [7, 11) is 0. The summed E-state index contributed by atoms with van der Waals surface area (Å²) < 4.78 is 17.8. The highest BCUT2D eigenvalue weighted by Gasteiger charge is 2.47. The molecule has 1 spiro atoms. The first-order valence-corrected chi connectivity index (χ1v) is 9.77. The predicted octanol–water partition coefficient (Wildman–Crippen LogP) is 2.92. The summed E-state index contributed by atoms with van der Waals surface area (Å²) in [4.78, 5) is 3.94. The fourth-order valence-electron chi connectivity index (χ4n) is 4.03. The van der Waals surface area contributed by atoms with E-state index in [4.69, 9.17) is 14.2 Å². The van der Waals surface area contributed by atoms with Gasteiger partial charge in [0.15, 0.2) is 0 Å². The van der Waals surface area contributed by atoms with E-state index in [2.05, 4.69) is 22.4 Å². The summed E-state index contributed by atoms with van der Waals surface area (Å²) in [6.07, 6.45) is 4.81. The number of hydrogen-bond donors (Lipinski definition) is 0. The molecule has 5 heteroatoms. The van der Waals surface area contributed by atoms with Crippen LogP contribution in [0, 0.1) is 5.92 Å². The molecule has 1 unspecified atom stereocenters. The van der Waals surface area contributed by atoms with E-state index in [1.54, 1.807) is 0 Å². The average molecular weight is 337 g/mol. The third-order valence-corrected chi connectivity index (χ3v) is 6.20. The quantitative estimate of drug-likeness (QED) is 0.827. The molecule has 1 aromatic heterocycles. The highest BCUT2D eigenvalue weighted by molar-refractivity contribution is 7.09. The Kier molecular flexibility index (Phi) is 5.02. The zero-order chi connectivity index (χ0) is 15.5. The predicted molar refractivity (Wildman–Crippen MR) is 90.8 cm³/mol. The maximum Gasteiger partial charge on any atom is 0.0959 e. The third-order valence-electron chi connectivity index (χ3n) is 5.34. The number of nitrogens with zero attached hydrogens (tertiary/aromatic N) is 1. The van der Waals surface area contributed by atoms with E-state index in [0.717, 1.165) is 71.7 Å². The Morgan fingerprint density at radius 3 is 2.87 bits per heavy atom. The van der Waals surface area contributed by atoms with Crippen LogP contribution in [0.4, 0.5) is 0 Å². The molecule has 0 bridgehead atoms. The Bertz CT molecular complexity index is 480. The van der Waals surface area contributed by atoms with E-state index in [0.29, 0.717) is 12.0 Å². The van der Waals surface area contributed by atoms with Gasteiger partial charge in [-0.3, -0.25) is 4.90 Å². The molecule has 4 heterocycles. The second-order valence-electron chi connectivity index (χ2n) is 7.26. The van der Waals surface area contributed by atoms with E-state index in [1.807, 2.05) is 11.3 Å². The maximum atomic E-state index is 6.24. The van der Waals surface area contributed by atoms with Gasteiger partial charge in [-0.05, 0) is 36.6 Å². The van der Waals surface area contributed by atoms with Gasteiger partial charge in [0.05, 0.1) is 11.7 Å². The molecule has 0 aromatic carbocycles. The average Bonchev–Trinajstić information content (AvgIpc) is 3.06. The van der Waals surface area contributed by atoms with Gasteiger partial charge in [-0.2, -0.15) is 0 Å². The van der Waals surface area contributed by atoms with E-state index in [-0.39, 0.29) is 5.60 Å². The lowest BCUT2D eigenvalue weighted by Crippen LogP contribution is -2.65. The number of rotatable bonds is 5. The summed E-state index contributed by atoms with van der Waals surface area (Å²) >= 11 is 1.84. The van der Waals surface area contributed by atoms with E-state index in [1.165, 1.54) is 4.88 Å². The van der Waals surface area contributed by atoms with Crippen molar-refractivity contribution in [2.75, 3.05) is 39.5 Å². The number of ether oxygens (including phenoxy) is 3. The van der Waals surface area contributed by atoms with Crippen LogP contribution in [0.1, 0.15) is 30.6 Å². The minimum atomic E-state index is 0.0653. The highest BCUT2D eigenvalue weighted by atomic mass is 32.1. The molecular weight excluding hydrogens is 310 g/mol. The first kappa shape index (κ1) is 16.0. The molecule has 3 aliphatic heterocycles. The van der Waals surface area contributed by atoms with Crippen molar-refractivity contribution in [2.24, 2.45) is 5.92 Å². The molecule has 128 valence electrons. The summed E-state index contributed by atoms with van der Waals surface area (Å²) in [5.74, 6) is 0.694. The lowest BCUT2D eigenvalue weighted by molar-refractivity contribution is -0.201. The van der Waals surface area contributed by atoms with Gasteiger partial charge in [0.1, 0.15) is 0 Å². The van der Waals surface area contributed by atoms with Gasteiger partial charge in [-0.25, -0.2) is 0 Å². The van der Waals surface area contributed by atoms with Gasteiger partial charge in [-0.15, -0.1) is 11.3 Å². The molecule has 0 saturated carbocycles. The van der Waals surface area contributed by atoms with Crippen LogP contribution < -0.4 is 0 Å². The van der Waals surface area contributed by atoms with Crippen molar-refractivity contribution in [3.63, 3.8) is 0 Å². The summed E-state index contributed by atoms with van der Waals surface area (Å²) in [5, 5.41) is 2.15. The molecule has 1 aromatic rings. The molecular formula is C18H27NO3S. The van der Waals surface area contributed by atoms with Crippen molar-refractivity contribution in [2.45, 2.75) is 43.9 Å². The SMILES string of the molecule is c1csc(CN2CC3(CC(OCC4CCOCC4)CCO3)C2)c1. The fourth-order valence-corrected chi connectivity index (χ4v) is 4.78. The Hall–Kier alpha value is -0.460. The number of hydrogen-bond acceptors (Lipinski definition) is 5. The molecule has 3 aliphatic rings. The van der Waals surface area contributed by atoms with Gasteiger partial charge in [0.25, 0.3) is 0 Å². The summed E-state index contributed by atoms with van der Waals surface area (Å²) in [6.45, 7) is 6.75. The van der Waals surface area contributed by atoms with Crippen LogP contribution >= 0.6 is 11.3 Å². The van der Waals surface area contributed by atoms with Crippen LogP contribution in [0.15, 0.2) is 17.5 Å². The molecule has 3 saturated heterocycles. The standard InChI is InChI=1S/C18H27NO3S/c1-2-17(23-9-1)11-19-13-18(14-19)10-16(5-8-22-18)21-12-15-3-6-20-7-4-15/h1-2,9,15-16H,3-8,10-14H2. The highest BCUT2D eigenvalue weighted by Crippen LogP contribution is 2.36. The number of likely N-dealkylation sites (tertiary alicyclic amines) is 1. The van der Waals surface area contributed by atoms with Crippen molar-refractivity contribution in [1.29, 1.82) is 0 Å². The van der Waals surface area contributed by atoms with Gasteiger partial charge in [0, 0.05) is 57.4 Å². The summed E-state index contributed by atoms with van der Waals surface area (Å²) in [5.41, 5.74) is 0.0653. The van der Waals surface area contributed by atoms with Crippen LogP contribution in [0.25, 0.3) is 0 Å². The normalized spacial score (nSPS) is 28.8. The molecule has 0 amide bonds. The lowest BCUT2D eigenvalue weighted by atomic mass is 9.84. The Morgan fingerprint density at radius 1 is 1.22 bits per heavy atom. The topological polar surface area (TPSA) is 30.9 Å². The van der Waals surface area contributed by atoms with Crippen LogP contribution in [0.3, 0.4) is 0 Å². The first-order chi connectivity index (χ1) is 11.3. The van der Waals surface area contributed by atoms with Crippen molar-refractivity contribution >= 4 is 11.3 Å². The molecule has 23 heavy (non-hydrogen) atoms. The van der Waals surface area contributed by atoms with Gasteiger partial charge >= 0.3 is 0 Å². The lowest BCUT2D eigenvalue weighted by Gasteiger charge is -2.53. The Labute approximate surface area is 142 Å². The van der Waals surface area contributed by atoms with Gasteiger partial charge < -0.3 is 14.2 Å². The second-order valence-corrected chi connectivity index (χ2v) is 8.29. The largest absolute Gasteiger partial charge is 0.381 e. The van der Waals surface area contributed by atoms with Crippen molar-refractivity contribution in [1.82, 2.24) is 4.90 Å². The van der Waals surface area contributed by atoms with Crippen LogP contribution in [-0.2, 0) is 20.8 Å². The van der Waals surface area contributed by atoms with E-state index < -0.39 is 0 Å². The van der Waals surface area contributed by atoms with Crippen molar-refractivity contribution in [3.8, 4) is 0 Å². The van der Waals surface area contributed by atoms with Crippen LogP contribution in [0.2, 0.25) is 0 Å². The van der Waals surface area contributed by atoms with Crippen molar-refractivity contribution < 1.29 is 14.2 Å². The molecule has 4 nitrogen and oxygen atoms in total. The maximum absolute atomic E-state index is 6.24. The first-order valence-electron chi connectivity index (χ1n) is 8.89. The smallest absolute Gasteiger partial charge is 0.0959 e. The molecule has 1 atom stereocenters.